The lowest BCUT2D eigenvalue weighted by molar-refractivity contribution is -0.131. The SMILES string of the molecule is Cc1nn(C)c(C)c1S(=O)(=O)N1CCCN(C(=O)C(c2ccccc2)c2ccccc2)CC1. The van der Waals surface area contributed by atoms with E-state index in [-0.39, 0.29) is 17.3 Å². The summed E-state index contributed by atoms with van der Waals surface area (Å²) in [6.07, 6.45) is 0.583. The minimum atomic E-state index is -3.69. The number of carbonyl (C=O) groups excluding carboxylic acids is 1. The van der Waals surface area contributed by atoms with Gasteiger partial charge < -0.3 is 4.90 Å². The molecule has 0 radical (unpaired) electrons. The lowest BCUT2D eigenvalue weighted by Crippen LogP contribution is -2.39. The summed E-state index contributed by atoms with van der Waals surface area (Å²) in [5.41, 5.74) is 2.99. The molecule has 33 heavy (non-hydrogen) atoms. The molecule has 1 aliphatic rings. The lowest BCUT2D eigenvalue weighted by atomic mass is 9.90. The quantitative estimate of drug-likeness (QED) is 0.579. The fraction of sp³-hybridized carbons (Fsp3) is 0.360. The second kappa shape index (κ2) is 9.49. The summed E-state index contributed by atoms with van der Waals surface area (Å²) in [4.78, 5) is 15.8. The molecule has 7 nitrogen and oxygen atoms in total. The van der Waals surface area contributed by atoms with Gasteiger partial charge in [-0.25, -0.2) is 8.42 Å². The van der Waals surface area contributed by atoms with Crippen molar-refractivity contribution in [3.63, 3.8) is 0 Å². The highest BCUT2D eigenvalue weighted by Crippen LogP contribution is 2.28. The van der Waals surface area contributed by atoms with Crippen LogP contribution >= 0.6 is 0 Å². The first-order chi connectivity index (χ1) is 15.8. The van der Waals surface area contributed by atoms with Gasteiger partial charge in [-0.3, -0.25) is 9.48 Å². The van der Waals surface area contributed by atoms with Gasteiger partial charge in [0.15, 0.2) is 0 Å². The van der Waals surface area contributed by atoms with E-state index < -0.39 is 15.9 Å². The standard InChI is InChI=1S/C25H30N4O3S/c1-19-24(20(2)27(3)26-19)33(31,32)29-16-10-15-28(17-18-29)25(30)23(21-11-6-4-7-12-21)22-13-8-5-9-14-22/h4-9,11-14,23H,10,15-18H2,1-3H3. The lowest BCUT2D eigenvalue weighted by Gasteiger charge is -2.27. The van der Waals surface area contributed by atoms with Crippen molar-refractivity contribution in [2.45, 2.75) is 31.1 Å². The van der Waals surface area contributed by atoms with Crippen LogP contribution < -0.4 is 0 Å². The highest BCUT2D eigenvalue weighted by atomic mass is 32.2. The van der Waals surface area contributed by atoms with Crippen LogP contribution in [0.5, 0.6) is 0 Å². The van der Waals surface area contributed by atoms with Gasteiger partial charge in [-0.2, -0.15) is 9.40 Å². The van der Waals surface area contributed by atoms with E-state index in [9.17, 15) is 13.2 Å². The molecular formula is C25H30N4O3S. The molecule has 0 aliphatic carbocycles. The predicted molar refractivity (Wildman–Crippen MR) is 127 cm³/mol. The van der Waals surface area contributed by atoms with Crippen LogP contribution in [0.4, 0.5) is 0 Å². The van der Waals surface area contributed by atoms with E-state index in [4.69, 9.17) is 0 Å². The maximum atomic E-state index is 13.7. The van der Waals surface area contributed by atoms with Crippen LogP contribution in [-0.4, -0.2) is 59.5 Å². The highest BCUT2D eigenvalue weighted by molar-refractivity contribution is 7.89. The van der Waals surface area contributed by atoms with E-state index in [1.54, 1.807) is 25.6 Å². The van der Waals surface area contributed by atoms with Crippen LogP contribution in [0.3, 0.4) is 0 Å². The molecule has 0 unspecified atom stereocenters. The first-order valence-electron chi connectivity index (χ1n) is 11.2. The van der Waals surface area contributed by atoms with Crippen molar-refractivity contribution in [1.82, 2.24) is 19.0 Å². The Morgan fingerprint density at radius 1 is 0.879 bits per heavy atom. The van der Waals surface area contributed by atoms with Crippen molar-refractivity contribution < 1.29 is 13.2 Å². The number of aryl methyl sites for hydroxylation is 2. The number of hydrogen-bond donors (Lipinski definition) is 0. The van der Waals surface area contributed by atoms with E-state index in [2.05, 4.69) is 5.10 Å². The molecule has 1 aromatic heterocycles. The van der Waals surface area contributed by atoms with Gasteiger partial charge in [0.1, 0.15) is 4.90 Å². The van der Waals surface area contributed by atoms with Crippen LogP contribution in [-0.2, 0) is 21.9 Å². The van der Waals surface area contributed by atoms with Crippen LogP contribution in [0.1, 0.15) is 34.9 Å². The molecule has 8 heteroatoms. The molecule has 0 bridgehead atoms. The predicted octanol–water partition coefficient (Wildman–Crippen LogP) is 3.09. The smallest absolute Gasteiger partial charge is 0.246 e. The minimum absolute atomic E-state index is 0.000358. The summed E-state index contributed by atoms with van der Waals surface area (Å²) in [5.74, 6) is -0.418. The second-order valence-electron chi connectivity index (χ2n) is 8.46. The van der Waals surface area contributed by atoms with Gasteiger partial charge in [0, 0.05) is 33.2 Å². The van der Waals surface area contributed by atoms with Crippen LogP contribution in [0.2, 0.25) is 0 Å². The number of hydrogen-bond acceptors (Lipinski definition) is 4. The Balaban J connectivity index is 1.58. The zero-order valence-corrected chi connectivity index (χ0v) is 20.1. The van der Waals surface area contributed by atoms with Gasteiger partial charge in [-0.1, -0.05) is 60.7 Å². The van der Waals surface area contributed by atoms with E-state index in [0.29, 0.717) is 37.4 Å². The van der Waals surface area contributed by atoms with Gasteiger partial charge in [-0.05, 0) is 31.4 Å². The molecule has 174 valence electrons. The molecular weight excluding hydrogens is 436 g/mol. The molecule has 0 N–H and O–H groups in total. The molecule has 4 rings (SSSR count). The van der Waals surface area contributed by atoms with Crippen molar-refractivity contribution in [2.24, 2.45) is 7.05 Å². The summed E-state index contributed by atoms with van der Waals surface area (Å²) in [7, 11) is -1.94. The Kier molecular flexibility index (Phi) is 6.67. The maximum absolute atomic E-state index is 13.7. The highest BCUT2D eigenvalue weighted by Gasteiger charge is 2.34. The van der Waals surface area contributed by atoms with E-state index in [1.165, 1.54) is 4.31 Å². The number of sulfonamides is 1. The van der Waals surface area contributed by atoms with Gasteiger partial charge in [0.05, 0.1) is 17.3 Å². The zero-order chi connectivity index (χ0) is 23.6. The third-order valence-electron chi connectivity index (χ3n) is 6.32. The van der Waals surface area contributed by atoms with Crippen LogP contribution in [0.25, 0.3) is 0 Å². The van der Waals surface area contributed by atoms with Crippen LogP contribution in [0.15, 0.2) is 65.6 Å². The monoisotopic (exact) mass is 466 g/mol. The third kappa shape index (κ3) is 4.58. The van der Waals surface area contributed by atoms with Crippen molar-refractivity contribution in [2.75, 3.05) is 26.2 Å². The van der Waals surface area contributed by atoms with Crippen molar-refractivity contribution in [3.8, 4) is 0 Å². The summed E-state index contributed by atoms with van der Waals surface area (Å²) in [5, 5.41) is 4.27. The largest absolute Gasteiger partial charge is 0.341 e. The van der Waals surface area contributed by atoms with Crippen molar-refractivity contribution in [3.05, 3.63) is 83.2 Å². The van der Waals surface area contributed by atoms with Gasteiger partial charge in [0.2, 0.25) is 15.9 Å². The number of rotatable bonds is 5. The van der Waals surface area contributed by atoms with Crippen LogP contribution in [0, 0.1) is 13.8 Å². The zero-order valence-electron chi connectivity index (χ0n) is 19.3. The first-order valence-corrected chi connectivity index (χ1v) is 12.6. The molecule has 1 aliphatic heterocycles. The Morgan fingerprint density at radius 2 is 1.45 bits per heavy atom. The number of amides is 1. The molecule has 0 atom stereocenters. The minimum Gasteiger partial charge on any atom is -0.341 e. The summed E-state index contributed by atoms with van der Waals surface area (Å²) in [6, 6.07) is 19.5. The molecule has 2 heterocycles. The van der Waals surface area contributed by atoms with E-state index in [0.717, 1.165) is 11.1 Å². The normalized spacial score (nSPS) is 15.6. The molecule has 2 aromatic carbocycles. The number of benzene rings is 2. The summed E-state index contributed by atoms with van der Waals surface area (Å²) < 4.78 is 29.9. The van der Waals surface area contributed by atoms with E-state index in [1.807, 2.05) is 65.6 Å². The molecule has 1 saturated heterocycles. The maximum Gasteiger partial charge on any atom is 0.246 e. The number of nitrogens with zero attached hydrogens (tertiary/aromatic N) is 4. The molecule has 0 spiro atoms. The topological polar surface area (TPSA) is 75.5 Å². The first kappa shape index (κ1) is 23.2. The molecule has 3 aromatic rings. The average molecular weight is 467 g/mol. The molecule has 1 fully saturated rings. The molecule has 0 saturated carbocycles. The van der Waals surface area contributed by atoms with Gasteiger partial charge >= 0.3 is 0 Å². The van der Waals surface area contributed by atoms with Crippen molar-refractivity contribution >= 4 is 15.9 Å². The Morgan fingerprint density at radius 3 is 1.97 bits per heavy atom. The Labute approximate surface area is 195 Å². The summed E-state index contributed by atoms with van der Waals surface area (Å²) >= 11 is 0. The third-order valence-corrected chi connectivity index (χ3v) is 8.47. The van der Waals surface area contributed by atoms with Gasteiger partial charge in [0.25, 0.3) is 0 Å². The number of aromatic nitrogens is 2. The summed E-state index contributed by atoms with van der Waals surface area (Å²) in [6.45, 7) is 5.00. The van der Waals surface area contributed by atoms with E-state index >= 15 is 0 Å². The number of carbonyl (C=O) groups is 1. The molecule has 1 amide bonds. The van der Waals surface area contributed by atoms with Gasteiger partial charge in [-0.15, -0.1) is 0 Å². The average Bonchev–Trinajstić information content (AvgIpc) is 2.98. The fourth-order valence-corrected chi connectivity index (χ4v) is 6.43. The Hall–Kier alpha value is -2.97. The second-order valence-corrected chi connectivity index (χ2v) is 10.3. The van der Waals surface area contributed by atoms with Crippen molar-refractivity contribution in [1.29, 1.82) is 0 Å². The Bertz CT molecular complexity index is 1180. The fourth-order valence-electron chi connectivity index (χ4n) is 4.56.